The first kappa shape index (κ1) is 14.3. The summed E-state index contributed by atoms with van der Waals surface area (Å²) in [6, 6.07) is 0.521. The van der Waals surface area contributed by atoms with Gasteiger partial charge in [0.15, 0.2) is 11.5 Å². The van der Waals surface area contributed by atoms with Crippen LogP contribution in [0.4, 0.5) is 8.78 Å². The number of carbonyl (C=O) groups is 1. The second-order valence-corrected chi connectivity index (χ2v) is 5.39. The van der Waals surface area contributed by atoms with Gasteiger partial charge in [-0.1, -0.05) is 0 Å². The standard InChI is InChI=1S/C14H16F2N2O3/c1-20-6-9-11(8-2-3-21-13(8)9)18-14(19)12-10(16)4-7(15)5-17-12/h4-5,8-9,11,13H,2-3,6H2,1H3,(H,18,19)/t8-,9+,11-,13-/m1/s1. The molecule has 114 valence electrons. The summed E-state index contributed by atoms with van der Waals surface area (Å²) in [5.41, 5.74) is -0.394. The Labute approximate surface area is 120 Å². The molecule has 0 bridgehead atoms. The van der Waals surface area contributed by atoms with E-state index in [1.54, 1.807) is 7.11 Å². The molecule has 7 heteroatoms. The lowest BCUT2D eigenvalue weighted by Crippen LogP contribution is -2.62. The number of ether oxygens (including phenoxy) is 2. The Bertz CT molecular complexity index is 555. The number of rotatable bonds is 4. The molecule has 0 spiro atoms. The Morgan fingerprint density at radius 2 is 2.38 bits per heavy atom. The maximum Gasteiger partial charge on any atom is 0.273 e. The third-order valence-corrected chi connectivity index (χ3v) is 4.21. The number of aromatic nitrogens is 1. The van der Waals surface area contributed by atoms with Crippen LogP contribution in [0, 0.1) is 23.5 Å². The van der Waals surface area contributed by atoms with E-state index < -0.39 is 23.2 Å². The van der Waals surface area contributed by atoms with Crippen molar-refractivity contribution in [2.45, 2.75) is 18.6 Å². The zero-order valence-corrected chi connectivity index (χ0v) is 11.5. The van der Waals surface area contributed by atoms with E-state index in [0.29, 0.717) is 19.3 Å². The van der Waals surface area contributed by atoms with E-state index in [4.69, 9.17) is 9.47 Å². The van der Waals surface area contributed by atoms with Crippen LogP contribution in [0.5, 0.6) is 0 Å². The normalized spacial score (nSPS) is 30.6. The number of methoxy groups -OCH3 is 1. The van der Waals surface area contributed by atoms with Crippen LogP contribution in [-0.2, 0) is 9.47 Å². The SMILES string of the molecule is COC[C@H]1[C@H](NC(=O)c2ncc(F)cc2F)[C@H]2CCO[C@H]21. The highest BCUT2D eigenvalue weighted by Gasteiger charge is 2.54. The predicted molar refractivity (Wildman–Crippen MR) is 68.6 cm³/mol. The number of hydrogen-bond donors (Lipinski definition) is 1. The molecule has 0 radical (unpaired) electrons. The highest BCUT2D eigenvalue weighted by Crippen LogP contribution is 2.43. The minimum atomic E-state index is -0.964. The molecule has 1 saturated carbocycles. The molecule has 5 nitrogen and oxygen atoms in total. The number of carbonyl (C=O) groups excluding carboxylic acids is 1. The van der Waals surface area contributed by atoms with Crippen molar-refractivity contribution in [3.8, 4) is 0 Å². The summed E-state index contributed by atoms with van der Waals surface area (Å²) in [4.78, 5) is 15.6. The molecule has 1 amide bonds. The molecule has 21 heavy (non-hydrogen) atoms. The van der Waals surface area contributed by atoms with Gasteiger partial charge >= 0.3 is 0 Å². The van der Waals surface area contributed by atoms with Crippen molar-refractivity contribution in [3.63, 3.8) is 0 Å². The fraction of sp³-hybridized carbons (Fsp3) is 0.571. The Morgan fingerprint density at radius 1 is 1.57 bits per heavy atom. The molecule has 1 aromatic heterocycles. The lowest BCUT2D eigenvalue weighted by Gasteiger charge is -2.47. The molecule has 0 unspecified atom stereocenters. The summed E-state index contributed by atoms with van der Waals surface area (Å²) in [5.74, 6) is -2.14. The number of nitrogens with zero attached hydrogens (tertiary/aromatic N) is 1. The van der Waals surface area contributed by atoms with Crippen LogP contribution >= 0.6 is 0 Å². The van der Waals surface area contributed by atoms with Crippen molar-refractivity contribution in [3.05, 3.63) is 29.6 Å². The molecule has 1 aliphatic carbocycles. The summed E-state index contributed by atoms with van der Waals surface area (Å²) in [5, 5.41) is 2.78. The second-order valence-electron chi connectivity index (χ2n) is 5.39. The summed E-state index contributed by atoms with van der Waals surface area (Å²) in [7, 11) is 1.59. The van der Waals surface area contributed by atoms with E-state index in [-0.39, 0.29) is 24.0 Å². The summed E-state index contributed by atoms with van der Waals surface area (Å²) in [6.07, 6.45) is 1.77. The van der Waals surface area contributed by atoms with Crippen LogP contribution in [0.3, 0.4) is 0 Å². The van der Waals surface area contributed by atoms with Crippen LogP contribution in [0.25, 0.3) is 0 Å². The van der Waals surface area contributed by atoms with Crippen molar-refractivity contribution >= 4 is 5.91 Å². The monoisotopic (exact) mass is 298 g/mol. The van der Waals surface area contributed by atoms with E-state index in [1.165, 1.54) is 0 Å². The average molecular weight is 298 g/mol. The van der Waals surface area contributed by atoms with Gasteiger partial charge in [0.1, 0.15) is 5.82 Å². The summed E-state index contributed by atoms with van der Waals surface area (Å²) in [6.45, 7) is 1.12. The van der Waals surface area contributed by atoms with Crippen LogP contribution in [0.1, 0.15) is 16.9 Å². The van der Waals surface area contributed by atoms with Gasteiger partial charge in [-0.05, 0) is 6.42 Å². The molecule has 1 saturated heterocycles. The topological polar surface area (TPSA) is 60.5 Å². The van der Waals surface area contributed by atoms with Gasteiger partial charge in [-0.2, -0.15) is 0 Å². The summed E-state index contributed by atoms with van der Waals surface area (Å²) >= 11 is 0. The number of amides is 1. The van der Waals surface area contributed by atoms with Crippen molar-refractivity contribution in [2.75, 3.05) is 20.3 Å². The van der Waals surface area contributed by atoms with Gasteiger partial charge in [-0.25, -0.2) is 13.8 Å². The zero-order valence-electron chi connectivity index (χ0n) is 11.5. The Hall–Kier alpha value is -1.60. The van der Waals surface area contributed by atoms with Gasteiger partial charge in [-0.3, -0.25) is 4.79 Å². The molecule has 2 aliphatic rings. The minimum Gasteiger partial charge on any atom is -0.384 e. The van der Waals surface area contributed by atoms with Crippen LogP contribution in [0.2, 0.25) is 0 Å². The smallest absolute Gasteiger partial charge is 0.273 e. The van der Waals surface area contributed by atoms with E-state index >= 15 is 0 Å². The molecule has 2 heterocycles. The van der Waals surface area contributed by atoms with E-state index in [0.717, 1.165) is 12.6 Å². The fourth-order valence-electron chi connectivity index (χ4n) is 3.24. The maximum absolute atomic E-state index is 13.6. The van der Waals surface area contributed by atoms with Crippen molar-refractivity contribution in [1.82, 2.24) is 10.3 Å². The van der Waals surface area contributed by atoms with Crippen molar-refractivity contribution in [2.24, 2.45) is 11.8 Å². The van der Waals surface area contributed by atoms with Gasteiger partial charge < -0.3 is 14.8 Å². The molecular weight excluding hydrogens is 282 g/mol. The minimum absolute atomic E-state index is 0.0509. The number of halogens is 2. The first-order valence-electron chi connectivity index (χ1n) is 6.84. The first-order chi connectivity index (χ1) is 10.1. The largest absolute Gasteiger partial charge is 0.384 e. The molecule has 4 atom stereocenters. The first-order valence-corrected chi connectivity index (χ1v) is 6.84. The zero-order chi connectivity index (χ0) is 15.0. The van der Waals surface area contributed by atoms with Crippen LogP contribution in [0.15, 0.2) is 12.3 Å². The Balaban J connectivity index is 1.71. The quantitative estimate of drug-likeness (QED) is 0.905. The molecule has 1 aliphatic heterocycles. The highest BCUT2D eigenvalue weighted by molar-refractivity contribution is 5.92. The lowest BCUT2D eigenvalue weighted by atomic mass is 9.67. The third kappa shape index (κ3) is 2.51. The van der Waals surface area contributed by atoms with Gasteiger partial charge in [-0.15, -0.1) is 0 Å². The van der Waals surface area contributed by atoms with Crippen molar-refractivity contribution < 1.29 is 23.0 Å². The fourth-order valence-corrected chi connectivity index (χ4v) is 3.24. The third-order valence-electron chi connectivity index (χ3n) is 4.21. The van der Waals surface area contributed by atoms with Crippen molar-refractivity contribution in [1.29, 1.82) is 0 Å². The summed E-state index contributed by atoms with van der Waals surface area (Å²) < 4.78 is 37.1. The van der Waals surface area contributed by atoms with Crippen LogP contribution in [-0.4, -0.2) is 43.4 Å². The van der Waals surface area contributed by atoms with E-state index in [1.807, 2.05) is 0 Å². The Kier molecular flexibility index (Phi) is 3.86. The van der Waals surface area contributed by atoms with E-state index in [9.17, 15) is 13.6 Å². The number of fused-ring (bicyclic) bond motifs is 1. The van der Waals surface area contributed by atoms with Gasteiger partial charge in [0.25, 0.3) is 5.91 Å². The van der Waals surface area contributed by atoms with Gasteiger partial charge in [0.2, 0.25) is 0 Å². The number of nitrogens with one attached hydrogen (secondary N) is 1. The average Bonchev–Trinajstić information content (AvgIpc) is 2.86. The lowest BCUT2D eigenvalue weighted by molar-refractivity contribution is -0.0810. The molecule has 0 aromatic carbocycles. The predicted octanol–water partition coefficient (Wildman–Crippen LogP) is 1.14. The molecule has 3 rings (SSSR count). The molecule has 2 fully saturated rings. The molecule has 1 aromatic rings. The highest BCUT2D eigenvalue weighted by atomic mass is 19.1. The van der Waals surface area contributed by atoms with Crippen LogP contribution < -0.4 is 5.32 Å². The van der Waals surface area contributed by atoms with Gasteiger partial charge in [0, 0.05) is 37.7 Å². The molecular formula is C14H16F2N2O3. The number of pyridine rings is 1. The second kappa shape index (κ2) is 5.65. The van der Waals surface area contributed by atoms with E-state index in [2.05, 4.69) is 10.3 Å². The Morgan fingerprint density at radius 3 is 3.10 bits per heavy atom. The number of hydrogen-bond acceptors (Lipinski definition) is 4. The molecule has 1 N–H and O–H groups in total. The maximum atomic E-state index is 13.6. The van der Waals surface area contributed by atoms with Gasteiger partial charge in [0.05, 0.1) is 18.9 Å².